The average Bonchev–Trinajstić information content (AvgIpc) is 3.81. The Labute approximate surface area is 401 Å². The number of aromatic hydroxyl groups is 1. The van der Waals surface area contributed by atoms with Crippen molar-refractivity contribution in [3.05, 3.63) is 161 Å². The van der Waals surface area contributed by atoms with Gasteiger partial charge in [0.1, 0.15) is 11.6 Å². The van der Waals surface area contributed by atoms with E-state index in [2.05, 4.69) is 124 Å². The van der Waals surface area contributed by atoms with Gasteiger partial charge in [-0.25, -0.2) is 4.98 Å². The van der Waals surface area contributed by atoms with Gasteiger partial charge in [0, 0.05) is 65.7 Å². The topological polar surface area (TPSA) is 55.3 Å². The molecule has 338 valence electrons. The molecule has 0 saturated heterocycles. The van der Waals surface area contributed by atoms with Crippen molar-refractivity contribution in [1.82, 2.24) is 18.9 Å². The Kier molecular flexibility index (Phi) is 10.1. The van der Waals surface area contributed by atoms with E-state index in [0.717, 1.165) is 89.3 Å². The standard InChI is InChI=1S/C58H48F3N4O.Pt/c1-31-24-32(2)51(41(25-31)34-16-11-10-12-17-34)65-47-21-15-19-37(49(47)63-55(65)43-28-36(56(4,5)6)29-44(54(43)66)57(7,8)9)35-26-33(3)52-42(27-35)50-48-40(45(30-62-50)58(59,60)61)23-22-39-38-18-13-14-20-46(38)64(52)53(39)48;/h10-26,28-30,66H,1-9H3;/q-1;. The number of phenolic OH excluding ortho intramolecular Hbond substituents is 1. The Morgan fingerprint density at radius 1 is 0.612 bits per heavy atom. The molecule has 5 nitrogen and oxygen atoms in total. The quantitative estimate of drug-likeness (QED) is 0.109. The van der Waals surface area contributed by atoms with Gasteiger partial charge in [0.2, 0.25) is 0 Å². The van der Waals surface area contributed by atoms with Gasteiger partial charge >= 0.3 is 6.18 Å². The van der Waals surface area contributed by atoms with Crippen LogP contribution in [-0.2, 0) is 38.1 Å². The third kappa shape index (κ3) is 6.77. The van der Waals surface area contributed by atoms with Gasteiger partial charge in [0.05, 0.1) is 27.8 Å². The minimum absolute atomic E-state index is 0. The second kappa shape index (κ2) is 15.3. The Morgan fingerprint density at radius 3 is 2.03 bits per heavy atom. The fraction of sp³-hybridized carbons (Fsp3) is 0.207. The van der Waals surface area contributed by atoms with E-state index in [1.54, 1.807) is 12.1 Å². The molecule has 1 N–H and O–H groups in total. The van der Waals surface area contributed by atoms with Crippen LogP contribution >= 0.6 is 0 Å². The van der Waals surface area contributed by atoms with Crippen LogP contribution in [0.5, 0.6) is 5.75 Å². The number of aryl methyl sites for hydroxylation is 3. The third-order valence-electron chi connectivity index (χ3n) is 13.4. The second-order valence-electron chi connectivity index (χ2n) is 20.1. The van der Waals surface area contributed by atoms with Gasteiger partial charge in [-0.2, -0.15) is 13.2 Å². The van der Waals surface area contributed by atoms with Crippen molar-refractivity contribution in [2.45, 2.75) is 79.3 Å². The zero-order valence-electron chi connectivity index (χ0n) is 38.7. The molecule has 0 aliphatic rings. The van der Waals surface area contributed by atoms with Crippen LogP contribution < -0.4 is 0 Å². The number of aromatic nitrogens is 4. The molecule has 67 heavy (non-hydrogen) atoms. The van der Waals surface area contributed by atoms with Crippen LogP contribution in [0.4, 0.5) is 13.2 Å². The van der Waals surface area contributed by atoms with Crippen molar-refractivity contribution in [3.63, 3.8) is 0 Å². The Morgan fingerprint density at radius 2 is 1.31 bits per heavy atom. The van der Waals surface area contributed by atoms with E-state index in [-0.39, 0.29) is 43.0 Å². The van der Waals surface area contributed by atoms with Crippen molar-refractivity contribution < 1.29 is 39.3 Å². The summed E-state index contributed by atoms with van der Waals surface area (Å²) in [6.07, 6.45) is -3.64. The summed E-state index contributed by atoms with van der Waals surface area (Å²) in [4.78, 5) is 10.2. The molecule has 9 heteroatoms. The number of para-hydroxylation sites is 2. The molecule has 0 amide bonds. The van der Waals surface area contributed by atoms with Crippen molar-refractivity contribution in [3.8, 4) is 45.1 Å². The number of phenols is 1. The van der Waals surface area contributed by atoms with Gasteiger partial charge < -0.3 is 9.51 Å². The van der Waals surface area contributed by atoms with Gasteiger partial charge in [-0.15, -0.1) is 17.7 Å². The molecule has 0 aliphatic heterocycles. The Balaban J connectivity index is 0.00000525. The summed E-state index contributed by atoms with van der Waals surface area (Å²) in [7, 11) is 0. The minimum atomic E-state index is -4.60. The molecular weight excluding hydrogens is 1020 g/mol. The first-order valence-electron chi connectivity index (χ1n) is 22.4. The Hall–Kier alpha value is -6.50. The monoisotopic (exact) mass is 1070 g/mol. The molecule has 7 aromatic carbocycles. The second-order valence-corrected chi connectivity index (χ2v) is 20.1. The smallest absolute Gasteiger partial charge is 0.418 e. The number of halogens is 3. The molecule has 0 aliphatic carbocycles. The summed E-state index contributed by atoms with van der Waals surface area (Å²) < 4.78 is 48.5. The number of imidazole rings is 1. The third-order valence-corrected chi connectivity index (χ3v) is 13.4. The summed E-state index contributed by atoms with van der Waals surface area (Å²) in [5.74, 6) is 0.767. The molecule has 0 radical (unpaired) electrons. The summed E-state index contributed by atoms with van der Waals surface area (Å²) in [6.45, 7) is 19.2. The molecule has 4 heterocycles. The van der Waals surface area contributed by atoms with Crippen LogP contribution in [0.15, 0.2) is 121 Å². The number of nitrogens with zero attached hydrogens (tertiary/aromatic N) is 4. The SMILES string of the molecule is Cc1cc(C)c(-n2c(-c3cc(C(C)(C)C)cc(C(C)(C)C)c3O)nc3c(-c4[c-]c5c6ncc(C(F)(F)F)c7ccc8c9ccccc9n(c5c(C)c4)c8c76)cccc32)c(-c2ccccc2)c1.[Pt]. The summed E-state index contributed by atoms with van der Waals surface area (Å²) in [6, 6.07) is 42.3. The van der Waals surface area contributed by atoms with Crippen molar-refractivity contribution in [2.24, 2.45) is 0 Å². The number of benzene rings is 7. The number of hydrogen-bond acceptors (Lipinski definition) is 3. The molecule has 4 aromatic heterocycles. The number of hydrogen-bond donors (Lipinski definition) is 1. The van der Waals surface area contributed by atoms with E-state index in [9.17, 15) is 18.3 Å². The average molecular weight is 1070 g/mol. The number of alkyl halides is 3. The minimum Gasteiger partial charge on any atom is -0.507 e. The molecule has 0 fully saturated rings. The van der Waals surface area contributed by atoms with Crippen LogP contribution in [-0.4, -0.2) is 24.0 Å². The molecule has 11 rings (SSSR count). The van der Waals surface area contributed by atoms with Crippen LogP contribution in [0.2, 0.25) is 0 Å². The van der Waals surface area contributed by atoms with Gasteiger partial charge in [0.15, 0.2) is 0 Å². The van der Waals surface area contributed by atoms with Crippen LogP contribution in [0.1, 0.15) is 74.9 Å². The zero-order valence-corrected chi connectivity index (χ0v) is 41.0. The van der Waals surface area contributed by atoms with Crippen molar-refractivity contribution >= 4 is 60.0 Å². The normalized spacial score (nSPS) is 12.7. The fourth-order valence-electron chi connectivity index (χ4n) is 10.4. The van der Waals surface area contributed by atoms with Gasteiger partial charge in [0.25, 0.3) is 0 Å². The summed E-state index contributed by atoms with van der Waals surface area (Å²) >= 11 is 0. The molecule has 0 unspecified atom stereocenters. The van der Waals surface area contributed by atoms with E-state index >= 15 is 0 Å². The molecule has 0 bridgehead atoms. The fourth-order valence-corrected chi connectivity index (χ4v) is 10.4. The first-order chi connectivity index (χ1) is 31.3. The molecule has 0 atom stereocenters. The van der Waals surface area contributed by atoms with E-state index in [4.69, 9.17) is 4.98 Å². The molecular formula is C58H48F3N4OPt-. The van der Waals surface area contributed by atoms with Gasteiger partial charge in [-0.3, -0.25) is 9.55 Å². The maximum atomic E-state index is 14.7. The molecule has 11 aromatic rings. The van der Waals surface area contributed by atoms with E-state index in [1.807, 2.05) is 61.5 Å². The zero-order chi connectivity index (χ0) is 46.4. The predicted molar refractivity (Wildman–Crippen MR) is 264 cm³/mol. The summed E-state index contributed by atoms with van der Waals surface area (Å²) in [5.41, 5.74) is 13.1. The van der Waals surface area contributed by atoms with E-state index < -0.39 is 11.7 Å². The molecule has 0 spiro atoms. The van der Waals surface area contributed by atoms with Crippen molar-refractivity contribution in [2.75, 3.05) is 0 Å². The van der Waals surface area contributed by atoms with E-state index in [0.29, 0.717) is 38.7 Å². The predicted octanol–water partition coefficient (Wildman–Crippen LogP) is 15.8. The largest absolute Gasteiger partial charge is 0.507 e. The number of fused-ring (bicyclic) bond motifs is 7. The van der Waals surface area contributed by atoms with Gasteiger partial charge in [-0.1, -0.05) is 155 Å². The first kappa shape index (κ1) is 44.3. The number of rotatable bonds is 4. The van der Waals surface area contributed by atoms with Crippen molar-refractivity contribution in [1.29, 1.82) is 0 Å². The molecule has 0 saturated carbocycles. The Bertz CT molecular complexity index is 3810. The van der Waals surface area contributed by atoms with Crippen LogP contribution in [0, 0.1) is 26.8 Å². The number of pyridine rings is 2. The van der Waals surface area contributed by atoms with Crippen LogP contribution in [0.25, 0.3) is 99.4 Å². The van der Waals surface area contributed by atoms with E-state index in [1.165, 1.54) is 0 Å². The maximum absolute atomic E-state index is 14.7. The van der Waals surface area contributed by atoms with Gasteiger partial charge in [-0.05, 0) is 81.9 Å². The maximum Gasteiger partial charge on any atom is 0.418 e. The first-order valence-corrected chi connectivity index (χ1v) is 22.4. The summed E-state index contributed by atoms with van der Waals surface area (Å²) in [5, 5.41) is 15.5. The van der Waals surface area contributed by atoms with Crippen LogP contribution in [0.3, 0.4) is 0 Å².